The first-order valence-corrected chi connectivity index (χ1v) is 11.7. The highest BCUT2D eigenvalue weighted by Gasteiger charge is 2.88. The molecule has 2 N–H and O–H groups in total. The number of ether oxygens (including phenoxy) is 5. The van der Waals surface area contributed by atoms with Crippen LogP contribution in [-0.2, 0) is 38.1 Å². The van der Waals surface area contributed by atoms with E-state index in [1.54, 1.807) is 26.8 Å². The summed E-state index contributed by atoms with van der Waals surface area (Å²) in [6, 6.07) is 0. The molecule has 11 unspecified atom stereocenters. The summed E-state index contributed by atoms with van der Waals surface area (Å²) < 4.78 is 28.9. The number of epoxide rings is 2. The molecular formula is C24H32O10. The zero-order valence-electron chi connectivity index (χ0n) is 20.2. The summed E-state index contributed by atoms with van der Waals surface area (Å²) in [5, 5.41) is 23.8. The zero-order valence-corrected chi connectivity index (χ0v) is 20.2. The Hall–Kier alpha value is -2.01. The highest BCUT2D eigenvalue weighted by Crippen LogP contribution is 2.68. The summed E-state index contributed by atoms with van der Waals surface area (Å²) >= 11 is 0. The molecule has 0 aromatic carbocycles. The number of hydrogen-bond donors (Lipinski definition) is 2. The van der Waals surface area contributed by atoms with E-state index in [-0.39, 0.29) is 12.5 Å². The Kier molecular flexibility index (Phi) is 4.90. The maximum Gasteiger partial charge on any atom is 0.342 e. The van der Waals surface area contributed by atoms with Crippen molar-refractivity contribution in [3.63, 3.8) is 0 Å². The van der Waals surface area contributed by atoms with E-state index < -0.39 is 76.6 Å². The molecular weight excluding hydrogens is 448 g/mol. The summed E-state index contributed by atoms with van der Waals surface area (Å²) in [6.07, 6.45) is -3.58. The van der Waals surface area contributed by atoms with Crippen LogP contribution in [-0.4, -0.2) is 81.5 Å². The van der Waals surface area contributed by atoms with Gasteiger partial charge in [0.2, 0.25) is 0 Å². The van der Waals surface area contributed by atoms with Gasteiger partial charge in [-0.2, -0.15) is 0 Å². The first-order valence-electron chi connectivity index (χ1n) is 11.7. The van der Waals surface area contributed by atoms with E-state index in [2.05, 4.69) is 0 Å². The van der Waals surface area contributed by atoms with Crippen molar-refractivity contribution in [3.8, 4) is 0 Å². The Balaban J connectivity index is 1.71. The van der Waals surface area contributed by atoms with Gasteiger partial charge in [-0.05, 0) is 26.8 Å². The minimum Gasteiger partial charge on any atom is -0.462 e. The van der Waals surface area contributed by atoms with Crippen LogP contribution in [0.15, 0.2) is 11.6 Å². The quantitative estimate of drug-likeness (QED) is 0.249. The molecule has 0 amide bonds. The molecule has 188 valence electrons. The van der Waals surface area contributed by atoms with Gasteiger partial charge in [0.05, 0.1) is 17.8 Å². The molecule has 5 rings (SSSR count). The molecule has 10 nitrogen and oxygen atoms in total. The lowest BCUT2D eigenvalue weighted by molar-refractivity contribution is -0.214. The van der Waals surface area contributed by atoms with Gasteiger partial charge in [-0.25, -0.2) is 4.79 Å². The van der Waals surface area contributed by atoms with Crippen molar-refractivity contribution in [2.75, 3.05) is 0 Å². The lowest BCUT2D eigenvalue weighted by Gasteiger charge is -2.53. The molecule has 5 aliphatic rings. The number of aliphatic hydroxyl groups excluding tert-OH is 2. The average molecular weight is 481 g/mol. The summed E-state index contributed by atoms with van der Waals surface area (Å²) in [7, 11) is 0. The summed E-state index contributed by atoms with van der Waals surface area (Å²) in [4.78, 5) is 36.8. The van der Waals surface area contributed by atoms with Crippen molar-refractivity contribution in [3.05, 3.63) is 11.6 Å². The molecule has 3 saturated heterocycles. The van der Waals surface area contributed by atoms with Crippen LogP contribution >= 0.6 is 0 Å². The van der Waals surface area contributed by atoms with E-state index in [0.29, 0.717) is 12.0 Å². The van der Waals surface area contributed by atoms with Crippen LogP contribution in [0.5, 0.6) is 0 Å². The van der Waals surface area contributed by atoms with Crippen LogP contribution in [0.25, 0.3) is 0 Å². The van der Waals surface area contributed by atoms with Crippen LogP contribution in [0.3, 0.4) is 0 Å². The van der Waals surface area contributed by atoms with E-state index in [0.717, 1.165) is 0 Å². The molecule has 4 fully saturated rings. The van der Waals surface area contributed by atoms with Crippen molar-refractivity contribution < 1.29 is 48.3 Å². The van der Waals surface area contributed by atoms with E-state index in [1.165, 1.54) is 13.8 Å². The molecule has 3 heterocycles. The van der Waals surface area contributed by atoms with Gasteiger partial charge in [-0.3, -0.25) is 9.59 Å². The Labute approximate surface area is 197 Å². The number of carbonyl (C=O) groups excluding carboxylic acids is 3. The van der Waals surface area contributed by atoms with Crippen LogP contribution in [0.1, 0.15) is 54.4 Å². The zero-order chi connectivity index (χ0) is 25.0. The Bertz CT molecular complexity index is 992. The summed E-state index contributed by atoms with van der Waals surface area (Å²) in [6.45, 7) is 9.42. The van der Waals surface area contributed by atoms with E-state index in [4.69, 9.17) is 23.7 Å². The third-order valence-electron chi connectivity index (χ3n) is 8.84. The first-order chi connectivity index (χ1) is 15.7. The van der Waals surface area contributed by atoms with E-state index in [9.17, 15) is 24.6 Å². The number of hydrogen-bond acceptors (Lipinski definition) is 10. The van der Waals surface area contributed by atoms with Crippen molar-refractivity contribution >= 4 is 17.9 Å². The molecule has 0 bridgehead atoms. The fraction of sp³-hybridized carbons (Fsp3) is 0.792. The number of carbonyl (C=O) groups is 3. The third-order valence-corrected chi connectivity index (χ3v) is 8.84. The highest BCUT2D eigenvalue weighted by molar-refractivity contribution is 5.89. The Morgan fingerprint density at radius 3 is 2.32 bits per heavy atom. The highest BCUT2D eigenvalue weighted by atomic mass is 16.7. The fourth-order valence-electron chi connectivity index (χ4n) is 7.05. The van der Waals surface area contributed by atoms with Gasteiger partial charge in [-0.1, -0.05) is 12.5 Å². The van der Waals surface area contributed by atoms with E-state index >= 15 is 0 Å². The monoisotopic (exact) mass is 480 g/mol. The maximum absolute atomic E-state index is 12.7. The second-order valence-corrected chi connectivity index (χ2v) is 11.0. The standard InChI is InChI=1S/C24H32O10/c1-10-7-13(30-11(2)25)18(27)21(4)14(31-12(3)26)9-15-22(5,33-15)17(21)19(28)24-16(8-10)32-20(29)23(24,6)34-24/h8,13-19,27-28H,7,9H2,1-6H3. The van der Waals surface area contributed by atoms with Crippen molar-refractivity contribution in [1.82, 2.24) is 0 Å². The Morgan fingerprint density at radius 1 is 1.09 bits per heavy atom. The first kappa shape index (κ1) is 23.7. The lowest BCUT2D eigenvalue weighted by atomic mass is 9.53. The van der Waals surface area contributed by atoms with Crippen molar-refractivity contribution in [2.24, 2.45) is 11.3 Å². The normalized spacial score (nSPS) is 53.1. The van der Waals surface area contributed by atoms with Gasteiger partial charge in [0.1, 0.15) is 18.3 Å². The van der Waals surface area contributed by atoms with Crippen molar-refractivity contribution in [2.45, 2.75) is 108 Å². The van der Waals surface area contributed by atoms with Gasteiger partial charge in [0.15, 0.2) is 17.3 Å². The molecule has 34 heavy (non-hydrogen) atoms. The fourth-order valence-corrected chi connectivity index (χ4v) is 7.05. The van der Waals surface area contributed by atoms with Crippen LogP contribution in [0, 0.1) is 11.3 Å². The van der Waals surface area contributed by atoms with Gasteiger partial charge >= 0.3 is 17.9 Å². The summed E-state index contributed by atoms with van der Waals surface area (Å²) in [5.74, 6) is -2.55. The largest absolute Gasteiger partial charge is 0.462 e. The smallest absolute Gasteiger partial charge is 0.342 e. The molecule has 10 heteroatoms. The average Bonchev–Trinajstić information content (AvgIpc) is 3.55. The lowest BCUT2D eigenvalue weighted by Crippen LogP contribution is -2.67. The number of esters is 3. The molecule has 0 radical (unpaired) electrons. The predicted octanol–water partition coefficient (Wildman–Crippen LogP) is 0.558. The second-order valence-electron chi connectivity index (χ2n) is 11.0. The molecule has 1 spiro atoms. The minimum atomic E-state index is -1.39. The maximum atomic E-state index is 12.7. The number of fused-ring (bicyclic) bond motifs is 3. The molecule has 11 atom stereocenters. The summed E-state index contributed by atoms with van der Waals surface area (Å²) in [5.41, 5.74) is -4.26. The van der Waals surface area contributed by atoms with Crippen LogP contribution in [0.2, 0.25) is 0 Å². The SMILES string of the molecule is CC(=O)OC1CC(C)=CC2OC(=O)C3(C)OC23C(O)C2C3(C)OC3CC(OC(C)=O)C2(C)C1O. The van der Waals surface area contributed by atoms with Crippen LogP contribution in [0.4, 0.5) is 0 Å². The second kappa shape index (κ2) is 7.02. The molecule has 1 saturated carbocycles. The molecule has 0 aromatic heterocycles. The van der Waals surface area contributed by atoms with Gasteiger partial charge in [0.25, 0.3) is 0 Å². The van der Waals surface area contributed by atoms with E-state index in [1.807, 2.05) is 6.92 Å². The topological polar surface area (TPSA) is 144 Å². The Morgan fingerprint density at radius 2 is 1.74 bits per heavy atom. The van der Waals surface area contributed by atoms with Crippen molar-refractivity contribution in [1.29, 1.82) is 0 Å². The van der Waals surface area contributed by atoms with Gasteiger partial charge < -0.3 is 33.9 Å². The third kappa shape index (κ3) is 2.85. The molecule has 3 aliphatic heterocycles. The van der Waals surface area contributed by atoms with Gasteiger partial charge in [0, 0.05) is 38.0 Å². The van der Waals surface area contributed by atoms with Crippen LogP contribution < -0.4 is 0 Å². The number of rotatable bonds is 2. The number of aliphatic hydroxyl groups is 2. The molecule has 2 aliphatic carbocycles. The predicted molar refractivity (Wildman–Crippen MR) is 113 cm³/mol. The molecule has 0 aromatic rings. The van der Waals surface area contributed by atoms with Gasteiger partial charge in [-0.15, -0.1) is 0 Å². The minimum absolute atomic E-state index is 0.147.